The number of hydrogen-bond donors (Lipinski definition) is 0. The Kier molecular flexibility index (Phi) is 3.56. The third-order valence-corrected chi connectivity index (χ3v) is 2.17. The zero-order chi connectivity index (χ0) is 10.6. The molecule has 1 aliphatic rings. The Labute approximate surface area is 81.9 Å². The number of hydrogen-bond acceptors (Lipinski definition) is 4. The number of methoxy groups -OCH3 is 1. The van der Waals surface area contributed by atoms with Crippen LogP contribution >= 0.6 is 0 Å². The van der Waals surface area contributed by atoms with Gasteiger partial charge in [-0.1, -0.05) is 6.08 Å². The Bertz CT molecular complexity index is 274. The summed E-state index contributed by atoms with van der Waals surface area (Å²) in [7, 11) is 1.25. The lowest BCUT2D eigenvalue weighted by Crippen LogP contribution is -2.26. The van der Waals surface area contributed by atoms with Crippen LogP contribution in [-0.2, 0) is 19.1 Å². The maximum Gasteiger partial charge on any atom is 0.330 e. The van der Waals surface area contributed by atoms with Crippen LogP contribution in [0.25, 0.3) is 0 Å². The predicted molar refractivity (Wildman–Crippen MR) is 48.5 cm³/mol. The standard InChI is InChI=1S/C10H12O4/c1-14-10(13)6-5-7-8(11)3-2-4-9(7)12/h5-7H,2-4H2,1H3/b6-5-. The van der Waals surface area contributed by atoms with Crippen LogP contribution < -0.4 is 0 Å². The topological polar surface area (TPSA) is 60.4 Å². The highest BCUT2D eigenvalue weighted by atomic mass is 16.5. The monoisotopic (exact) mass is 196 g/mol. The summed E-state index contributed by atoms with van der Waals surface area (Å²) in [6, 6.07) is 0. The van der Waals surface area contributed by atoms with Gasteiger partial charge in [-0.2, -0.15) is 0 Å². The molecule has 1 fully saturated rings. The normalized spacial score (nSPS) is 18.9. The number of ketones is 2. The first-order chi connectivity index (χ1) is 6.65. The molecule has 0 aliphatic heterocycles. The highest BCUT2D eigenvalue weighted by Gasteiger charge is 2.27. The van der Waals surface area contributed by atoms with Gasteiger partial charge in [0.25, 0.3) is 0 Å². The summed E-state index contributed by atoms with van der Waals surface area (Å²) in [6.45, 7) is 0. The first-order valence-electron chi connectivity index (χ1n) is 4.46. The molecule has 0 amide bonds. The van der Waals surface area contributed by atoms with Crippen molar-refractivity contribution in [3.05, 3.63) is 12.2 Å². The van der Waals surface area contributed by atoms with E-state index in [1.54, 1.807) is 0 Å². The van der Waals surface area contributed by atoms with Gasteiger partial charge in [-0.15, -0.1) is 0 Å². The first-order valence-corrected chi connectivity index (χ1v) is 4.46. The van der Waals surface area contributed by atoms with Crippen LogP contribution in [0, 0.1) is 5.92 Å². The molecule has 0 aromatic carbocycles. The van der Waals surface area contributed by atoms with Crippen molar-refractivity contribution in [2.45, 2.75) is 19.3 Å². The van der Waals surface area contributed by atoms with E-state index >= 15 is 0 Å². The highest BCUT2D eigenvalue weighted by molar-refractivity contribution is 6.06. The summed E-state index contributed by atoms with van der Waals surface area (Å²) >= 11 is 0. The lowest BCUT2D eigenvalue weighted by molar-refractivity contribution is -0.134. The van der Waals surface area contributed by atoms with E-state index in [2.05, 4.69) is 4.74 Å². The third kappa shape index (κ3) is 2.52. The summed E-state index contributed by atoms with van der Waals surface area (Å²) < 4.78 is 4.36. The molecule has 0 saturated heterocycles. The molecule has 4 nitrogen and oxygen atoms in total. The summed E-state index contributed by atoms with van der Waals surface area (Å²) in [5.74, 6) is -1.50. The molecular weight excluding hydrogens is 184 g/mol. The van der Waals surface area contributed by atoms with Gasteiger partial charge >= 0.3 is 5.97 Å². The van der Waals surface area contributed by atoms with Crippen molar-refractivity contribution in [2.75, 3.05) is 7.11 Å². The van der Waals surface area contributed by atoms with Crippen LogP contribution in [0.1, 0.15) is 19.3 Å². The summed E-state index contributed by atoms with van der Waals surface area (Å²) in [5, 5.41) is 0. The van der Waals surface area contributed by atoms with Crippen molar-refractivity contribution in [1.82, 2.24) is 0 Å². The second kappa shape index (κ2) is 4.69. The number of carbonyl (C=O) groups excluding carboxylic acids is 3. The van der Waals surface area contributed by atoms with Crippen LogP contribution in [0.3, 0.4) is 0 Å². The van der Waals surface area contributed by atoms with E-state index in [-0.39, 0.29) is 11.6 Å². The van der Waals surface area contributed by atoms with Gasteiger partial charge < -0.3 is 4.74 Å². The molecule has 4 heteroatoms. The third-order valence-electron chi connectivity index (χ3n) is 2.17. The van der Waals surface area contributed by atoms with Crippen molar-refractivity contribution in [1.29, 1.82) is 0 Å². The van der Waals surface area contributed by atoms with Crippen LogP contribution in [0.2, 0.25) is 0 Å². The lowest BCUT2D eigenvalue weighted by atomic mass is 9.86. The fraction of sp³-hybridized carbons (Fsp3) is 0.500. The Morgan fingerprint density at radius 2 is 1.93 bits per heavy atom. The van der Waals surface area contributed by atoms with Crippen molar-refractivity contribution >= 4 is 17.5 Å². The van der Waals surface area contributed by atoms with E-state index in [0.717, 1.165) is 6.08 Å². The molecule has 0 aromatic rings. The van der Waals surface area contributed by atoms with Gasteiger partial charge in [-0.25, -0.2) is 4.79 Å². The minimum Gasteiger partial charge on any atom is -0.466 e. The second-order valence-electron chi connectivity index (χ2n) is 3.15. The Balaban J connectivity index is 2.65. The van der Waals surface area contributed by atoms with E-state index < -0.39 is 11.9 Å². The second-order valence-corrected chi connectivity index (χ2v) is 3.15. The largest absolute Gasteiger partial charge is 0.466 e. The molecule has 14 heavy (non-hydrogen) atoms. The van der Waals surface area contributed by atoms with Crippen molar-refractivity contribution in [3.8, 4) is 0 Å². The van der Waals surface area contributed by atoms with Crippen LogP contribution in [0.15, 0.2) is 12.2 Å². The smallest absolute Gasteiger partial charge is 0.330 e. The van der Waals surface area contributed by atoms with E-state index in [1.165, 1.54) is 13.2 Å². The minimum atomic E-state index is -0.733. The molecule has 0 atom stereocenters. The van der Waals surface area contributed by atoms with Crippen LogP contribution in [0.5, 0.6) is 0 Å². The van der Waals surface area contributed by atoms with Gasteiger partial charge in [-0.05, 0) is 6.42 Å². The highest BCUT2D eigenvalue weighted by Crippen LogP contribution is 2.18. The molecule has 1 saturated carbocycles. The van der Waals surface area contributed by atoms with Crippen molar-refractivity contribution in [2.24, 2.45) is 5.92 Å². The fourth-order valence-corrected chi connectivity index (χ4v) is 1.38. The lowest BCUT2D eigenvalue weighted by Gasteiger charge is -2.15. The molecule has 0 unspecified atom stereocenters. The van der Waals surface area contributed by atoms with Gasteiger partial charge in [0.05, 0.1) is 13.0 Å². The quantitative estimate of drug-likeness (QED) is 0.369. The van der Waals surface area contributed by atoms with Gasteiger partial charge in [-0.3, -0.25) is 9.59 Å². The molecule has 0 heterocycles. The van der Waals surface area contributed by atoms with E-state index in [0.29, 0.717) is 19.3 Å². The molecule has 1 aliphatic carbocycles. The van der Waals surface area contributed by atoms with E-state index in [9.17, 15) is 14.4 Å². The maximum atomic E-state index is 11.3. The minimum absolute atomic E-state index is 0.110. The van der Waals surface area contributed by atoms with Crippen molar-refractivity contribution in [3.63, 3.8) is 0 Å². The Hall–Kier alpha value is -1.45. The molecule has 0 spiro atoms. The Morgan fingerprint density at radius 3 is 2.43 bits per heavy atom. The first kappa shape index (κ1) is 10.6. The molecule has 76 valence electrons. The fourth-order valence-electron chi connectivity index (χ4n) is 1.38. The number of Topliss-reactive ketones (excluding diaryl/α,β-unsaturated/α-hetero) is 2. The SMILES string of the molecule is COC(=O)/C=C\C1C(=O)CCCC1=O. The molecule has 0 bridgehead atoms. The zero-order valence-corrected chi connectivity index (χ0v) is 7.99. The summed E-state index contributed by atoms with van der Waals surface area (Å²) in [4.78, 5) is 33.3. The number of ether oxygens (including phenoxy) is 1. The van der Waals surface area contributed by atoms with Crippen molar-refractivity contribution < 1.29 is 19.1 Å². The molecule has 0 N–H and O–H groups in total. The molecule has 0 aromatic heterocycles. The number of rotatable bonds is 2. The predicted octanol–water partition coefficient (Wildman–Crippen LogP) is 0.654. The van der Waals surface area contributed by atoms with Crippen LogP contribution in [0.4, 0.5) is 0 Å². The van der Waals surface area contributed by atoms with Gasteiger partial charge in [0.15, 0.2) is 0 Å². The maximum absolute atomic E-state index is 11.3. The van der Waals surface area contributed by atoms with E-state index in [4.69, 9.17) is 0 Å². The average molecular weight is 196 g/mol. The summed E-state index contributed by atoms with van der Waals surface area (Å²) in [5.41, 5.74) is 0. The van der Waals surface area contributed by atoms with Gasteiger partial charge in [0.2, 0.25) is 0 Å². The molecular formula is C10H12O4. The summed E-state index contributed by atoms with van der Waals surface area (Å²) in [6.07, 6.45) is 3.92. The zero-order valence-electron chi connectivity index (χ0n) is 7.99. The average Bonchev–Trinajstić information content (AvgIpc) is 2.16. The number of esters is 1. The van der Waals surface area contributed by atoms with Crippen LogP contribution in [-0.4, -0.2) is 24.6 Å². The van der Waals surface area contributed by atoms with Gasteiger partial charge in [0.1, 0.15) is 11.6 Å². The van der Waals surface area contributed by atoms with E-state index in [1.807, 2.05) is 0 Å². The molecule has 1 rings (SSSR count). The van der Waals surface area contributed by atoms with Gasteiger partial charge in [0, 0.05) is 18.9 Å². The number of allylic oxidation sites excluding steroid dienone is 1. The number of carbonyl (C=O) groups is 3. The Morgan fingerprint density at radius 1 is 1.36 bits per heavy atom. The molecule has 0 radical (unpaired) electrons.